The molecule has 8 aromatic rings. The molecule has 0 bridgehead atoms. The van der Waals surface area contributed by atoms with Crippen LogP contribution in [0.3, 0.4) is 0 Å². The predicted octanol–water partition coefficient (Wildman–Crippen LogP) is 13.5. The van der Waals surface area contributed by atoms with E-state index in [0.717, 1.165) is 22.2 Å². The Morgan fingerprint density at radius 1 is 0.412 bits per heavy atom. The number of fused-ring (bicyclic) bond motifs is 8. The van der Waals surface area contributed by atoms with Crippen LogP contribution in [0.5, 0.6) is 0 Å². The molecule has 1 aromatic heterocycles. The zero-order valence-corrected chi connectivity index (χ0v) is 29.3. The van der Waals surface area contributed by atoms with Crippen LogP contribution in [0.15, 0.2) is 162 Å². The lowest BCUT2D eigenvalue weighted by atomic mass is 9.71. The SMILES string of the molecule is CC1(C)c2ccccc2N(c2ccccc2)c2ccc(-c3ccc4c(c3)C(C)(C)c3c(ccc5oc6ccccc6c35)N4c3ccccc3)cc21. The first-order chi connectivity index (χ1) is 24.8. The lowest BCUT2D eigenvalue weighted by Crippen LogP contribution is -2.31. The summed E-state index contributed by atoms with van der Waals surface area (Å²) < 4.78 is 6.45. The fourth-order valence-corrected chi connectivity index (χ4v) is 8.89. The second kappa shape index (κ2) is 10.7. The van der Waals surface area contributed by atoms with Gasteiger partial charge < -0.3 is 14.2 Å². The highest BCUT2D eigenvalue weighted by molar-refractivity contribution is 6.11. The summed E-state index contributed by atoms with van der Waals surface area (Å²) in [6, 6.07) is 57.3. The highest BCUT2D eigenvalue weighted by Crippen LogP contribution is 2.57. The predicted molar refractivity (Wildman–Crippen MR) is 213 cm³/mol. The van der Waals surface area contributed by atoms with Crippen molar-refractivity contribution in [2.45, 2.75) is 38.5 Å². The fraction of sp³-hybridized carbons (Fsp3) is 0.125. The maximum Gasteiger partial charge on any atom is 0.135 e. The molecular weight excluding hydrogens is 621 g/mol. The van der Waals surface area contributed by atoms with Gasteiger partial charge in [-0.25, -0.2) is 0 Å². The second-order valence-corrected chi connectivity index (χ2v) is 15.0. The smallest absolute Gasteiger partial charge is 0.135 e. The van der Waals surface area contributed by atoms with E-state index in [1.807, 2.05) is 0 Å². The number of nitrogens with zero attached hydrogens (tertiary/aromatic N) is 2. The Hall–Kier alpha value is -6.06. The summed E-state index contributed by atoms with van der Waals surface area (Å²) in [6.07, 6.45) is 0. The summed E-state index contributed by atoms with van der Waals surface area (Å²) in [6.45, 7) is 9.48. The Balaban J connectivity index is 1.19. The molecule has 0 radical (unpaired) electrons. The Morgan fingerprint density at radius 3 is 1.59 bits per heavy atom. The number of furan rings is 1. The third-order valence-electron chi connectivity index (χ3n) is 11.4. The van der Waals surface area contributed by atoms with Gasteiger partial charge in [-0.05, 0) is 106 Å². The Bertz CT molecular complexity index is 2650. The number of hydrogen-bond donors (Lipinski definition) is 0. The van der Waals surface area contributed by atoms with Crippen molar-refractivity contribution in [2.24, 2.45) is 0 Å². The average molecular weight is 659 g/mol. The maximum atomic E-state index is 6.45. The number of anilines is 6. The van der Waals surface area contributed by atoms with E-state index in [1.165, 1.54) is 67.2 Å². The molecule has 0 aliphatic carbocycles. The molecule has 246 valence electrons. The normalized spacial score (nSPS) is 15.3. The molecule has 3 heteroatoms. The summed E-state index contributed by atoms with van der Waals surface area (Å²) in [5.74, 6) is 0. The quantitative estimate of drug-likeness (QED) is 0.188. The molecule has 0 N–H and O–H groups in total. The summed E-state index contributed by atoms with van der Waals surface area (Å²) in [4.78, 5) is 4.86. The van der Waals surface area contributed by atoms with Crippen molar-refractivity contribution in [3.8, 4) is 11.1 Å². The van der Waals surface area contributed by atoms with Gasteiger partial charge in [0.25, 0.3) is 0 Å². The van der Waals surface area contributed by atoms with Crippen LogP contribution in [-0.2, 0) is 10.8 Å². The van der Waals surface area contributed by atoms with Gasteiger partial charge in [0.05, 0.1) is 22.7 Å². The average Bonchev–Trinajstić information content (AvgIpc) is 3.54. The number of rotatable bonds is 3. The van der Waals surface area contributed by atoms with Crippen molar-refractivity contribution in [1.82, 2.24) is 0 Å². The topological polar surface area (TPSA) is 19.6 Å². The van der Waals surface area contributed by atoms with E-state index in [-0.39, 0.29) is 10.8 Å². The minimum atomic E-state index is -0.311. The molecular formula is C48H38N2O. The van der Waals surface area contributed by atoms with E-state index in [9.17, 15) is 0 Å². The molecule has 10 rings (SSSR count). The van der Waals surface area contributed by atoms with E-state index >= 15 is 0 Å². The van der Waals surface area contributed by atoms with Gasteiger partial charge in [0.2, 0.25) is 0 Å². The van der Waals surface area contributed by atoms with Crippen LogP contribution in [0.4, 0.5) is 34.1 Å². The standard InChI is InChI=1S/C48H38N2O/c1-47(2)36-20-12-13-21-39(36)49(33-15-7-5-8-16-33)40-25-23-31(29-37(40)47)32-24-26-41-38(30-32)48(3,4)46-42(50(41)34-17-9-6-10-18-34)27-28-44-45(46)35-19-11-14-22-43(35)51-44/h5-30H,1-4H3. The van der Waals surface area contributed by atoms with Crippen molar-refractivity contribution in [1.29, 1.82) is 0 Å². The molecule has 51 heavy (non-hydrogen) atoms. The van der Waals surface area contributed by atoms with Gasteiger partial charge in [0.1, 0.15) is 11.2 Å². The van der Waals surface area contributed by atoms with Crippen LogP contribution in [0.25, 0.3) is 33.1 Å². The molecule has 0 unspecified atom stereocenters. The van der Waals surface area contributed by atoms with E-state index in [2.05, 4.69) is 195 Å². The van der Waals surface area contributed by atoms with Crippen molar-refractivity contribution < 1.29 is 4.42 Å². The summed E-state index contributed by atoms with van der Waals surface area (Å²) in [5, 5.41) is 2.35. The van der Waals surface area contributed by atoms with Crippen LogP contribution in [0.1, 0.15) is 49.9 Å². The van der Waals surface area contributed by atoms with E-state index in [0.29, 0.717) is 0 Å². The molecule has 0 saturated carbocycles. The Labute approximate surface area is 299 Å². The van der Waals surface area contributed by atoms with Crippen molar-refractivity contribution in [3.05, 3.63) is 180 Å². The lowest BCUT2D eigenvalue weighted by molar-refractivity contribution is 0.632. The maximum absolute atomic E-state index is 6.45. The van der Waals surface area contributed by atoms with E-state index in [4.69, 9.17) is 4.42 Å². The fourth-order valence-electron chi connectivity index (χ4n) is 8.89. The first-order valence-corrected chi connectivity index (χ1v) is 17.9. The molecule has 3 nitrogen and oxygen atoms in total. The summed E-state index contributed by atoms with van der Waals surface area (Å²) in [5.41, 5.74) is 16.2. The Kier molecular flexibility index (Phi) is 6.27. The molecule has 2 aliphatic heterocycles. The molecule has 0 atom stereocenters. The third kappa shape index (κ3) is 4.24. The third-order valence-corrected chi connectivity index (χ3v) is 11.4. The van der Waals surface area contributed by atoms with Crippen molar-refractivity contribution >= 4 is 56.1 Å². The molecule has 0 amide bonds. The highest BCUT2D eigenvalue weighted by Gasteiger charge is 2.40. The van der Waals surface area contributed by atoms with Gasteiger partial charge in [0.15, 0.2) is 0 Å². The first-order valence-electron chi connectivity index (χ1n) is 17.9. The lowest BCUT2D eigenvalue weighted by Gasteiger charge is -2.43. The largest absolute Gasteiger partial charge is 0.456 e. The van der Waals surface area contributed by atoms with Gasteiger partial charge in [-0.15, -0.1) is 0 Å². The van der Waals surface area contributed by atoms with Crippen LogP contribution in [0.2, 0.25) is 0 Å². The highest BCUT2D eigenvalue weighted by atomic mass is 16.3. The Morgan fingerprint density at radius 2 is 0.922 bits per heavy atom. The molecule has 0 fully saturated rings. The van der Waals surface area contributed by atoms with E-state index in [1.54, 1.807) is 0 Å². The van der Waals surface area contributed by atoms with Gasteiger partial charge in [-0.1, -0.05) is 113 Å². The minimum absolute atomic E-state index is 0.183. The van der Waals surface area contributed by atoms with Crippen molar-refractivity contribution in [2.75, 3.05) is 9.80 Å². The van der Waals surface area contributed by atoms with E-state index < -0.39 is 0 Å². The number of hydrogen-bond acceptors (Lipinski definition) is 3. The molecule has 2 aliphatic rings. The molecule has 0 saturated heterocycles. The van der Waals surface area contributed by atoms with Gasteiger partial charge in [0, 0.05) is 33.0 Å². The first kappa shape index (κ1) is 29.8. The minimum Gasteiger partial charge on any atom is -0.456 e. The molecule has 7 aromatic carbocycles. The zero-order chi connectivity index (χ0) is 34.5. The van der Waals surface area contributed by atoms with Crippen LogP contribution in [0, 0.1) is 0 Å². The van der Waals surface area contributed by atoms with Crippen LogP contribution in [-0.4, -0.2) is 0 Å². The van der Waals surface area contributed by atoms with Gasteiger partial charge in [-0.3, -0.25) is 0 Å². The van der Waals surface area contributed by atoms with Gasteiger partial charge >= 0.3 is 0 Å². The van der Waals surface area contributed by atoms with Crippen LogP contribution < -0.4 is 9.80 Å². The zero-order valence-electron chi connectivity index (χ0n) is 29.3. The number of para-hydroxylation sites is 4. The summed E-state index contributed by atoms with van der Waals surface area (Å²) >= 11 is 0. The molecule has 0 spiro atoms. The number of benzene rings is 7. The van der Waals surface area contributed by atoms with Crippen molar-refractivity contribution in [3.63, 3.8) is 0 Å². The second-order valence-electron chi connectivity index (χ2n) is 15.0. The van der Waals surface area contributed by atoms with Crippen LogP contribution >= 0.6 is 0 Å². The van der Waals surface area contributed by atoms with Gasteiger partial charge in [-0.2, -0.15) is 0 Å². The monoisotopic (exact) mass is 658 g/mol. The summed E-state index contributed by atoms with van der Waals surface area (Å²) in [7, 11) is 0. The molecule has 3 heterocycles.